The number of hydrogen-bond donors (Lipinski definition) is 0. The van der Waals surface area contributed by atoms with Crippen LogP contribution in [0.5, 0.6) is 0 Å². The fourth-order valence-corrected chi connectivity index (χ4v) is 2.38. The topological polar surface area (TPSA) is 0 Å². The summed E-state index contributed by atoms with van der Waals surface area (Å²) in [6, 6.07) is 6.69. The molecule has 0 nitrogen and oxygen atoms in total. The van der Waals surface area contributed by atoms with Crippen LogP contribution in [0.2, 0.25) is 0 Å². The minimum absolute atomic E-state index is 1.26. The fraction of sp³-hybridized carbons (Fsp3) is 0.529. The standard InChI is InChI=1S/C17H24/c1-14-8-7-11-17(15(14)2)10-6-4-3-5-9-16-12-13-16/h7-8,11-12H,3-6,9-10,13H2,1-2H3. The summed E-state index contributed by atoms with van der Waals surface area (Å²) in [5.41, 5.74) is 6.17. The first-order chi connectivity index (χ1) is 8.27. The molecule has 0 saturated carbocycles. The van der Waals surface area contributed by atoms with E-state index in [1.54, 1.807) is 11.1 Å². The Morgan fingerprint density at radius 1 is 0.941 bits per heavy atom. The van der Waals surface area contributed by atoms with Crippen LogP contribution in [0.4, 0.5) is 0 Å². The summed E-state index contributed by atoms with van der Waals surface area (Å²) in [6.07, 6.45) is 11.8. The van der Waals surface area contributed by atoms with E-state index in [1.165, 1.54) is 56.1 Å². The molecule has 0 heterocycles. The molecule has 0 aliphatic heterocycles. The van der Waals surface area contributed by atoms with Crippen molar-refractivity contribution in [2.45, 2.75) is 58.8 Å². The predicted molar refractivity (Wildman–Crippen MR) is 75.4 cm³/mol. The molecule has 2 rings (SSSR count). The van der Waals surface area contributed by atoms with Gasteiger partial charge in [0.05, 0.1) is 0 Å². The Kier molecular flexibility index (Phi) is 4.42. The molecule has 0 aromatic heterocycles. The van der Waals surface area contributed by atoms with Gasteiger partial charge in [0.2, 0.25) is 0 Å². The van der Waals surface area contributed by atoms with E-state index >= 15 is 0 Å². The Labute approximate surface area is 106 Å². The predicted octanol–water partition coefficient (Wildman–Crippen LogP) is 5.13. The molecule has 0 N–H and O–H groups in total. The first kappa shape index (κ1) is 12.4. The average Bonchev–Trinajstić information content (AvgIpc) is 3.12. The molecule has 1 aromatic rings. The van der Waals surface area contributed by atoms with Crippen LogP contribution < -0.4 is 0 Å². The van der Waals surface area contributed by atoms with Gasteiger partial charge in [-0.3, -0.25) is 0 Å². The SMILES string of the molecule is Cc1cccc(CCCCCCC2=CC2)c1C. The quantitative estimate of drug-likeness (QED) is 0.448. The summed E-state index contributed by atoms with van der Waals surface area (Å²) in [7, 11) is 0. The molecule has 0 saturated heterocycles. The van der Waals surface area contributed by atoms with Gasteiger partial charge >= 0.3 is 0 Å². The van der Waals surface area contributed by atoms with Gasteiger partial charge in [0, 0.05) is 0 Å². The van der Waals surface area contributed by atoms with Crippen molar-refractivity contribution in [3.8, 4) is 0 Å². The van der Waals surface area contributed by atoms with Gasteiger partial charge in [-0.2, -0.15) is 0 Å². The van der Waals surface area contributed by atoms with Gasteiger partial charge in [-0.25, -0.2) is 0 Å². The molecule has 0 amide bonds. The second-order valence-corrected chi connectivity index (χ2v) is 5.34. The monoisotopic (exact) mass is 228 g/mol. The number of allylic oxidation sites excluding steroid dienone is 2. The molecule has 1 aromatic carbocycles. The molecule has 0 heteroatoms. The average molecular weight is 228 g/mol. The van der Waals surface area contributed by atoms with Crippen LogP contribution in [0.25, 0.3) is 0 Å². The molecule has 0 unspecified atom stereocenters. The van der Waals surface area contributed by atoms with Gasteiger partial charge in [0.1, 0.15) is 0 Å². The van der Waals surface area contributed by atoms with Gasteiger partial charge in [-0.15, -0.1) is 0 Å². The van der Waals surface area contributed by atoms with Crippen molar-refractivity contribution in [2.75, 3.05) is 0 Å². The van der Waals surface area contributed by atoms with Gasteiger partial charge in [-0.1, -0.05) is 42.7 Å². The van der Waals surface area contributed by atoms with Crippen LogP contribution in [0, 0.1) is 13.8 Å². The van der Waals surface area contributed by atoms with Crippen LogP contribution >= 0.6 is 0 Å². The lowest BCUT2D eigenvalue weighted by Gasteiger charge is -2.08. The molecular formula is C17H24. The third-order valence-electron chi connectivity index (χ3n) is 3.90. The Hall–Kier alpha value is -1.04. The lowest BCUT2D eigenvalue weighted by atomic mass is 9.98. The molecule has 1 aliphatic rings. The van der Waals surface area contributed by atoms with Crippen molar-refractivity contribution in [1.82, 2.24) is 0 Å². The van der Waals surface area contributed by atoms with E-state index in [0.717, 1.165) is 0 Å². The van der Waals surface area contributed by atoms with Crippen LogP contribution in [-0.2, 0) is 6.42 Å². The second-order valence-electron chi connectivity index (χ2n) is 5.34. The zero-order valence-electron chi connectivity index (χ0n) is 11.3. The largest absolute Gasteiger partial charge is 0.0810 e. The van der Waals surface area contributed by atoms with Crippen molar-refractivity contribution >= 4 is 0 Å². The summed E-state index contributed by atoms with van der Waals surface area (Å²) in [5, 5.41) is 0. The normalized spacial score (nSPS) is 13.6. The number of aryl methyl sites for hydroxylation is 2. The van der Waals surface area contributed by atoms with E-state index in [4.69, 9.17) is 0 Å². The van der Waals surface area contributed by atoms with Crippen molar-refractivity contribution in [1.29, 1.82) is 0 Å². The summed E-state index contributed by atoms with van der Waals surface area (Å²) in [5.74, 6) is 0. The summed E-state index contributed by atoms with van der Waals surface area (Å²) >= 11 is 0. The van der Waals surface area contributed by atoms with E-state index in [-0.39, 0.29) is 0 Å². The molecule has 17 heavy (non-hydrogen) atoms. The maximum absolute atomic E-state index is 2.36. The number of hydrogen-bond acceptors (Lipinski definition) is 0. The Balaban J connectivity index is 1.63. The lowest BCUT2D eigenvalue weighted by Crippen LogP contribution is -1.92. The third kappa shape index (κ3) is 4.03. The van der Waals surface area contributed by atoms with Gasteiger partial charge in [0.15, 0.2) is 0 Å². The molecule has 1 aliphatic carbocycles. The van der Waals surface area contributed by atoms with E-state index in [0.29, 0.717) is 0 Å². The molecule has 0 spiro atoms. The first-order valence-corrected chi connectivity index (χ1v) is 7.00. The fourth-order valence-electron chi connectivity index (χ4n) is 2.38. The smallest absolute Gasteiger partial charge is 0.0136 e. The van der Waals surface area contributed by atoms with Crippen LogP contribution in [-0.4, -0.2) is 0 Å². The van der Waals surface area contributed by atoms with E-state index < -0.39 is 0 Å². The van der Waals surface area contributed by atoms with Crippen LogP contribution in [0.15, 0.2) is 29.8 Å². The summed E-state index contributed by atoms with van der Waals surface area (Å²) in [6.45, 7) is 4.46. The van der Waals surface area contributed by atoms with Crippen molar-refractivity contribution in [2.24, 2.45) is 0 Å². The van der Waals surface area contributed by atoms with E-state index in [1.807, 2.05) is 0 Å². The van der Waals surface area contributed by atoms with Crippen molar-refractivity contribution in [3.63, 3.8) is 0 Å². The van der Waals surface area contributed by atoms with Crippen molar-refractivity contribution < 1.29 is 0 Å². The zero-order valence-corrected chi connectivity index (χ0v) is 11.3. The molecule has 92 valence electrons. The minimum atomic E-state index is 1.26. The van der Waals surface area contributed by atoms with Crippen molar-refractivity contribution in [3.05, 3.63) is 46.5 Å². The highest BCUT2D eigenvalue weighted by molar-refractivity contribution is 5.33. The molecule has 0 radical (unpaired) electrons. The summed E-state index contributed by atoms with van der Waals surface area (Å²) in [4.78, 5) is 0. The van der Waals surface area contributed by atoms with E-state index in [9.17, 15) is 0 Å². The molecular weight excluding hydrogens is 204 g/mol. The van der Waals surface area contributed by atoms with Crippen LogP contribution in [0.3, 0.4) is 0 Å². The Bertz CT molecular complexity index is 398. The first-order valence-electron chi connectivity index (χ1n) is 7.00. The Morgan fingerprint density at radius 3 is 2.35 bits per heavy atom. The molecule has 0 fully saturated rings. The zero-order chi connectivity index (χ0) is 12.1. The number of benzene rings is 1. The van der Waals surface area contributed by atoms with Gasteiger partial charge in [0.25, 0.3) is 0 Å². The van der Waals surface area contributed by atoms with Crippen LogP contribution in [0.1, 0.15) is 55.2 Å². The second kappa shape index (κ2) is 6.05. The Morgan fingerprint density at radius 2 is 1.65 bits per heavy atom. The highest BCUT2D eigenvalue weighted by Gasteiger charge is 2.05. The highest BCUT2D eigenvalue weighted by Crippen LogP contribution is 2.25. The maximum atomic E-state index is 2.36. The van der Waals surface area contributed by atoms with E-state index in [2.05, 4.69) is 38.1 Å². The summed E-state index contributed by atoms with van der Waals surface area (Å²) < 4.78 is 0. The maximum Gasteiger partial charge on any atom is -0.0136 e. The highest BCUT2D eigenvalue weighted by atomic mass is 14.1. The minimum Gasteiger partial charge on any atom is -0.0810 e. The number of rotatable bonds is 7. The lowest BCUT2D eigenvalue weighted by molar-refractivity contribution is 0.641. The third-order valence-corrected chi connectivity index (χ3v) is 3.90. The van der Waals surface area contributed by atoms with Gasteiger partial charge in [-0.05, 0) is 62.6 Å². The number of unbranched alkanes of at least 4 members (excludes halogenated alkanes) is 3. The van der Waals surface area contributed by atoms with Gasteiger partial charge < -0.3 is 0 Å². The molecule has 0 bridgehead atoms. The molecule has 0 atom stereocenters.